The van der Waals surface area contributed by atoms with Crippen molar-refractivity contribution < 1.29 is 20.1 Å². The van der Waals surface area contributed by atoms with Crippen LogP contribution in [0.5, 0.6) is 0 Å². The summed E-state index contributed by atoms with van der Waals surface area (Å²) in [5, 5.41) is 34.9. The predicted octanol–water partition coefficient (Wildman–Crippen LogP) is 1.67. The highest BCUT2D eigenvalue weighted by Crippen LogP contribution is 2.78. The standard InChI is InChI=1S/C22H35NO4.ClH/c1-4-23-10-20(2)6-5-16(24)22-12-7-11-14(27-3)9-21(26,17(12)18(11)25)13(19(22)23)8-15(20)22;/h11-19,24-26H,4-10H2,1-3H3;1H/t11-,12?,13?,14+,15?,16+,17?,18+,19-,20?,21+,22-;/m1./s1. The fourth-order valence-corrected chi connectivity index (χ4v) is 10.1. The van der Waals surface area contributed by atoms with E-state index in [0.29, 0.717) is 12.3 Å². The Labute approximate surface area is 174 Å². The Morgan fingerprint density at radius 2 is 1.93 bits per heavy atom. The second kappa shape index (κ2) is 5.86. The van der Waals surface area contributed by atoms with Crippen LogP contribution in [-0.2, 0) is 4.74 Å². The molecule has 0 radical (unpaired) electrons. The maximum Gasteiger partial charge on any atom is 0.0771 e. The van der Waals surface area contributed by atoms with Gasteiger partial charge in [0, 0.05) is 49.3 Å². The van der Waals surface area contributed by atoms with E-state index in [0.717, 1.165) is 38.8 Å². The molecule has 6 heteroatoms. The fourth-order valence-electron chi connectivity index (χ4n) is 10.1. The van der Waals surface area contributed by atoms with E-state index in [1.807, 2.05) is 0 Å². The molecule has 0 amide bonds. The zero-order valence-corrected chi connectivity index (χ0v) is 18.1. The van der Waals surface area contributed by atoms with Gasteiger partial charge in [-0.2, -0.15) is 0 Å². The topological polar surface area (TPSA) is 73.2 Å². The number of fused-ring (bicyclic) bond motifs is 2. The Morgan fingerprint density at radius 3 is 2.61 bits per heavy atom. The molecule has 6 rings (SSSR count). The van der Waals surface area contributed by atoms with E-state index in [9.17, 15) is 15.3 Å². The Kier molecular flexibility index (Phi) is 4.19. The van der Waals surface area contributed by atoms with E-state index in [1.54, 1.807) is 7.11 Å². The average molecular weight is 414 g/mol. The van der Waals surface area contributed by atoms with Crippen molar-refractivity contribution in [2.24, 2.45) is 40.4 Å². The van der Waals surface area contributed by atoms with Gasteiger partial charge < -0.3 is 20.1 Å². The van der Waals surface area contributed by atoms with Crippen LogP contribution in [0.2, 0.25) is 0 Å². The Hall–Kier alpha value is 0.0900. The Balaban J connectivity index is 0.00000171. The number of aliphatic hydroxyl groups excluding tert-OH is 2. The molecule has 5 saturated carbocycles. The van der Waals surface area contributed by atoms with Crippen molar-refractivity contribution in [1.82, 2.24) is 4.90 Å². The number of ether oxygens (including phenoxy) is 1. The zero-order chi connectivity index (χ0) is 18.9. The minimum atomic E-state index is -0.858. The van der Waals surface area contributed by atoms with Gasteiger partial charge in [0.25, 0.3) is 0 Å². The molecule has 28 heavy (non-hydrogen) atoms. The lowest BCUT2D eigenvalue weighted by Gasteiger charge is -2.68. The van der Waals surface area contributed by atoms with Crippen LogP contribution in [0.4, 0.5) is 0 Å². The van der Waals surface area contributed by atoms with E-state index in [-0.39, 0.29) is 65.2 Å². The summed E-state index contributed by atoms with van der Waals surface area (Å²) in [6.07, 6.45) is 3.66. The van der Waals surface area contributed by atoms with Gasteiger partial charge in [-0.15, -0.1) is 12.4 Å². The lowest BCUT2D eigenvalue weighted by molar-refractivity contribution is -0.266. The Bertz CT molecular complexity index is 679. The summed E-state index contributed by atoms with van der Waals surface area (Å²) in [5.41, 5.74) is -0.788. The molecular weight excluding hydrogens is 378 g/mol. The van der Waals surface area contributed by atoms with Gasteiger partial charge in [0.05, 0.1) is 23.9 Å². The van der Waals surface area contributed by atoms with Gasteiger partial charge in [-0.25, -0.2) is 0 Å². The SMILES string of the molecule is CCN1CC2(C)CC[C@H](O)[C@@]34C5C[C@@H]6[C@@H](OC)C[C@@](O)(C5[C@H]6O)C(CC23)[C@@H]14.Cl. The Morgan fingerprint density at radius 1 is 1.18 bits per heavy atom. The van der Waals surface area contributed by atoms with Crippen molar-refractivity contribution in [1.29, 1.82) is 0 Å². The van der Waals surface area contributed by atoms with Crippen molar-refractivity contribution in [3.63, 3.8) is 0 Å². The van der Waals surface area contributed by atoms with Gasteiger partial charge in [0.1, 0.15) is 0 Å². The van der Waals surface area contributed by atoms with Crippen LogP contribution in [0.3, 0.4) is 0 Å². The second-order valence-electron chi connectivity index (χ2n) is 11.1. The molecule has 1 aliphatic heterocycles. The molecule has 1 heterocycles. The van der Waals surface area contributed by atoms with Crippen molar-refractivity contribution >= 4 is 12.4 Å². The molecule has 12 atom stereocenters. The van der Waals surface area contributed by atoms with E-state index in [2.05, 4.69) is 18.7 Å². The number of rotatable bonds is 2. The minimum Gasteiger partial charge on any atom is -0.392 e. The smallest absolute Gasteiger partial charge is 0.0771 e. The monoisotopic (exact) mass is 413 g/mol. The summed E-state index contributed by atoms with van der Waals surface area (Å²) < 4.78 is 5.79. The van der Waals surface area contributed by atoms with E-state index >= 15 is 0 Å². The molecule has 160 valence electrons. The van der Waals surface area contributed by atoms with Crippen LogP contribution in [0.25, 0.3) is 0 Å². The summed E-state index contributed by atoms with van der Waals surface area (Å²) in [6.45, 7) is 6.74. The second-order valence-corrected chi connectivity index (χ2v) is 11.1. The third-order valence-electron chi connectivity index (χ3n) is 10.7. The quantitative estimate of drug-likeness (QED) is 0.642. The molecule has 0 aromatic heterocycles. The first-order valence-corrected chi connectivity index (χ1v) is 11.2. The van der Waals surface area contributed by atoms with Crippen molar-refractivity contribution in [2.45, 2.75) is 75.9 Å². The van der Waals surface area contributed by atoms with Crippen LogP contribution in [0.15, 0.2) is 0 Å². The number of hydrogen-bond donors (Lipinski definition) is 3. The molecule has 5 nitrogen and oxygen atoms in total. The first-order chi connectivity index (χ1) is 12.8. The minimum absolute atomic E-state index is 0. The van der Waals surface area contributed by atoms with Gasteiger partial charge in [-0.3, -0.25) is 4.90 Å². The molecule has 6 fully saturated rings. The number of likely N-dealkylation sites (tertiary alicyclic amines) is 1. The highest BCUT2D eigenvalue weighted by Gasteiger charge is 2.82. The maximum absolute atomic E-state index is 12.1. The van der Waals surface area contributed by atoms with Gasteiger partial charge in [-0.1, -0.05) is 13.8 Å². The summed E-state index contributed by atoms with van der Waals surface area (Å²) in [7, 11) is 1.73. The number of piperidine rings is 1. The largest absolute Gasteiger partial charge is 0.392 e. The van der Waals surface area contributed by atoms with Crippen LogP contribution in [-0.4, -0.2) is 70.4 Å². The first kappa shape index (κ1) is 20.0. The number of nitrogens with zero attached hydrogens (tertiary/aromatic N) is 1. The number of aliphatic hydroxyl groups is 3. The van der Waals surface area contributed by atoms with Crippen LogP contribution < -0.4 is 0 Å². The third kappa shape index (κ3) is 1.86. The van der Waals surface area contributed by atoms with Crippen molar-refractivity contribution in [2.75, 3.05) is 20.2 Å². The third-order valence-corrected chi connectivity index (χ3v) is 10.7. The lowest BCUT2D eigenvalue weighted by atomic mass is 9.43. The van der Waals surface area contributed by atoms with E-state index in [4.69, 9.17) is 4.74 Å². The maximum atomic E-state index is 12.1. The number of methoxy groups -OCH3 is 1. The molecule has 0 aromatic carbocycles. The molecular formula is C22H36ClNO4. The highest BCUT2D eigenvalue weighted by atomic mass is 35.5. The van der Waals surface area contributed by atoms with E-state index < -0.39 is 11.7 Å². The lowest BCUT2D eigenvalue weighted by Crippen LogP contribution is -2.75. The molecule has 1 saturated heterocycles. The fraction of sp³-hybridized carbons (Fsp3) is 1.00. The van der Waals surface area contributed by atoms with Crippen molar-refractivity contribution in [3.05, 3.63) is 0 Å². The zero-order valence-electron chi connectivity index (χ0n) is 17.3. The summed E-state index contributed by atoms with van der Waals surface area (Å²) in [4.78, 5) is 2.60. The molecule has 6 aliphatic rings. The molecule has 1 spiro atoms. The number of hydrogen-bond acceptors (Lipinski definition) is 5. The summed E-state index contributed by atoms with van der Waals surface area (Å²) in [6, 6.07) is 0.253. The van der Waals surface area contributed by atoms with Gasteiger partial charge >= 0.3 is 0 Å². The van der Waals surface area contributed by atoms with Crippen molar-refractivity contribution in [3.8, 4) is 0 Å². The number of halogens is 1. The molecule has 0 aromatic rings. The van der Waals surface area contributed by atoms with Crippen LogP contribution >= 0.6 is 12.4 Å². The first-order valence-electron chi connectivity index (χ1n) is 11.2. The molecule has 5 aliphatic carbocycles. The molecule has 5 unspecified atom stereocenters. The van der Waals surface area contributed by atoms with Crippen LogP contribution in [0.1, 0.15) is 46.0 Å². The van der Waals surface area contributed by atoms with E-state index in [1.165, 1.54) is 0 Å². The van der Waals surface area contributed by atoms with Crippen LogP contribution in [0, 0.1) is 40.4 Å². The molecule has 7 bridgehead atoms. The molecule has 3 N–H and O–H groups in total. The van der Waals surface area contributed by atoms with Gasteiger partial charge in [-0.05, 0) is 49.5 Å². The average Bonchev–Trinajstić information content (AvgIpc) is 3.07. The predicted molar refractivity (Wildman–Crippen MR) is 107 cm³/mol. The normalized spacial score (nSPS) is 63.9. The summed E-state index contributed by atoms with van der Waals surface area (Å²) in [5.74, 6) is 0.840. The van der Waals surface area contributed by atoms with Gasteiger partial charge in [0.2, 0.25) is 0 Å². The highest BCUT2D eigenvalue weighted by molar-refractivity contribution is 5.85. The van der Waals surface area contributed by atoms with Gasteiger partial charge in [0.15, 0.2) is 0 Å². The summed E-state index contributed by atoms with van der Waals surface area (Å²) >= 11 is 0.